The van der Waals surface area contributed by atoms with Gasteiger partial charge in [0.15, 0.2) is 0 Å². The summed E-state index contributed by atoms with van der Waals surface area (Å²) < 4.78 is 14.2. The number of nitrogens with zero attached hydrogens (tertiary/aromatic N) is 2. The number of aromatic nitrogens is 2. The molecule has 0 atom stereocenters. The topological polar surface area (TPSA) is 25.8 Å². The Morgan fingerprint density at radius 2 is 2.05 bits per heavy atom. The van der Waals surface area contributed by atoms with Crippen LogP contribution in [-0.2, 0) is 0 Å². The van der Waals surface area contributed by atoms with Crippen molar-refractivity contribution in [2.75, 3.05) is 0 Å². The lowest BCUT2D eigenvalue weighted by molar-refractivity contribution is 0.631. The summed E-state index contributed by atoms with van der Waals surface area (Å²) in [4.78, 5) is 8.26. The molecule has 1 aromatic carbocycles. The predicted octanol–water partition coefficient (Wildman–Crippen LogP) is 4.63. The van der Waals surface area contributed by atoms with Gasteiger partial charge in [-0.2, -0.15) is 0 Å². The SMILES string of the molecule is Br.Cc1nc(C#Cc2ccc(-c3cccnc3)c(F)c2)cs1. The second kappa shape index (κ2) is 7.30. The minimum atomic E-state index is -0.302. The lowest BCUT2D eigenvalue weighted by Crippen LogP contribution is -1.87. The van der Waals surface area contributed by atoms with Crippen molar-refractivity contribution < 1.29 is 4.39 Å². The molecular formula is C17H12BrFN2S. The van der Waals surface area contributed by atoms with Gasteiger partial charge in [0.25, 0.3) is 0 Å². The number of pyridine rings is 1. The highest BCUT2D eigenvalue weighted by atomic mass is 79.9. The van der Waals surface area contributed by atoms with Gasteiger partial charge in [-0.3, -0.25) is 4.98 Å². The molecule has 0 spiro atoms. The molecule has 0 saturated heterocycles. The van der Waals surface area contributed by atoms with E-state index < -0.39 is 0 Å². The molecule has 0 N–H and O–H groups in total. The fourth-order valence-electron chi connectivity index (χ4n) is 1.91. The molecule has 2 aromatic heterocycles. The van der Waals surface area contributed by atoms with E-state index in [1.165, 1.54) is 6.07 Å². The lowest BCUT2D eigenvalue weighted by atomic mass is 10.0. The molecule has 0 unspecified atom stereocenters. The van der Waals surface area contributed by atoms with Gasteiger partial charge < -0.3 is 0 Å². The summed E-state index contributed by atoms with van der Waals surface area (Å²) in [5, 5.41) is 2.86. The molecule has 110 valence electrons. The Hall–Kier alpha value is -2.03. The number of rotatable bonds is 1. The van der Waals surface area contributed by atoms with Crippen LogP contribution in [0.3, 0.4) is 0 Å². The Bertz CT molecular complexity index is 835. The summed E-state index contributed by atoms with van der Waals surface area (Å²) in [5.74, 6) is 5.57. The summed E-state index contributed by atoms with van der Waals surface area (Å²) in [6.45, 7) is 1.93. The van der Waals surface area contributed by atoms with Gasteiger partial charge >= 0.3 is 0 Å². The first-order valence-corrected chi connectivity index (χ1v) is 7.24. The zero-order valence-electron chi connectivity index (χ0n) is 11.7. The van der Waals surface area contributed by atoms with E-state index in [1.54, 1.807) is 41.9 Å². The third-order valence-electron chi connectivity index (χ3n) is 2.90. The quantitative estimate of drug-likeness (QED) is 0.580. The maximum Gasteiger partial charge on any atom is 0.132 e. The standard InChI is InChI=1S/C17H11FN2S.BrH/c1-12-20-15(11-21-12)6-4-13-5-7-16(17(18)9-13)14-3-2-8-19-10-14;/h2-3,5,7-11H,1H3;1H. The zero-order chi connectivity index (χ0) is 14.7. The molecule has 0 bridgehead atoms. The van der Waals surface area contributed by atoms with Crippen molar-refractivity contribution in [2.24, 2.45) is 0 Å². The van der Waals surface area contributed by atoms with Crippen LogP contribution in [0.2, 0.25) is 0 Å². The lowest BCUT2D eigenvalue weighted by Gasteiger charge is -2.02. The Labute approximate surface area is 142 Å². The molecule has 3 aromatic rings. The molecule has 5 heteroatoms. The minimum Gasteiger partial charge on any atom is -0.264 e. The van der Waals surface area contributed by atoms with E-state index in [0.29, 0.717) is 16.8 Å². The van der Waals surface area contributed by atoms with E-state index in [4.69, 9.17) is 0 Å². The molecule has 0 aliphatic heterocycles. The molecule has 0 aliphatic rings. The molecule has 2 heterocycles. The van der Waals surface area contributed by atoms with E-state index in [1.807, 2.05) is 18.4 Å². The van der Waals surface area contributed by atoms with Crippen LogP contribution < -0.4 is 0 Å². The second-order valence-corrected chi connectivity index (χ2v) is 5.50. The monoisotopic (exact) mass is 374 g/mol. The Kier molecular flexibility index (Phi) is 5.42. The molecule has 0 fully saturated rings. The van der Waals surface area contributed by atoms with Crippen LogP contribution in [0.25, 0.3) is 11.1 Å². The van der Waals surface area contributed by atoms with E-state index in [-0.39, 0.29) is 22.8 Å². The molecule has 0 aliphatic carbocycles. The largest absolute Gasteiger partial charge is 0.264 e. The Morgan fingerprint density at radius 1 is 1.18 bits per heavy atom. The van der Waals surface area contributed by atoms with Gasteiger partial charge in [-0.1, -0.05) is 18.1 Å². The molecule has 2 nitrogen and oxygen atoms in total. The summed E-state index contributed by atoms with van der Waals surface area (Å²) in [7, 11) is 0. The number of thiazole rings is 1. The van der Waals surface area contributed by atoms with Crippen molar-refractivity contribution in [3.63, 3.8) is 0 Å². The van der Waals surface area contributed by atoms with Gasteiger partial charge in [-0.15, -0.1) is 28.3 Å². The Balaban J connectivity index is 0.00000176. The van der Waals surface area contributed by atoms with Crippen LogP contribution in [0.15, 0.2) is 48.1 Å². The summed E-state index contributed by atoms with van der Waals surface area (Å²) in [5.41, 5.74) is 2.63. The fourth-order valence-corrected chi connectivity index (χ4v) is 2.45. The molecule has 0 amide bonds. The van der Waals surface area contributed by atoms with Crippen molar-refractivity contribution in [2.45, 2.75) is 6.92 Å². The van der Waals surface area contributed by atoms with Gasteiger partial charge in [0.1, 0.15) is 11.5 Å². The van der Waals surface area contributed by atoms with E-state index in [2.05, 4.69) is 21.8 Å². The number of hydrogen-bond acceptors (Lipinski definition) is 3. The molecule has 22 heavy (non-hydrogen) atoms. The van der Waals surface area contributed by atoms with Crippen LogP contribution in [0.5, 0.6) is 0 Å². The second-order valence-electron chi connectivity index (χ2n) is 4.44. The summed E-state index contributed by atoms with van der Waals surface area (Å²) in [6, 6.07) is 8.58. The van der Waals surface area contributed by atoms with Gasteiger partial charge in [-0.25, -0.2) is 9.37 Å². The first-order chi connectivity index (χ1) is 10.2. The normalized spacial score (nSPS) is 9.55. The van der Waals surface area contributed by atoms with Crippen LogP contribution >= 0.6 is 28.3 Å². The van der Waals surface area contributed by atoms with Crippen LogP contribution in [0.1, 0.15) is 16.3 Å². The van der Waals surface area contributed by atoms with E-state index in [0.717, 1.165) is 10.6 Å². The molecule has 0 radical (unpaired) electrons. The number of benzene rings is 1. The van der Waals surface area contributed by atoms with Crippen LogP contribution in [0, 0.1) is 24.6 Å². The van der Waals surface area contributed by atoms with Gasteiger partial charge in [0, 0.05) is 34.5 Å². The van der Waals surface area contributed by atoms with Crippen molar-refractivity contribution >= 4 is 28.3 Å². The van der Waals surface area contributed by atoms with Gasteiger partial charge in [0.05, 0.1) is 5.01 Å². The van der Waals surface area contributed by atoms with Gasteiger partial charge in [-0.05, 0) is 31.0 Å². The smallest absolute Gasteiger partial charge is 0.132 e. The van der Waals surface area contributed by atoms with E-state index in [9.17, 15) is 4.39 Å². The number of hydrogen-bond donors (Lipinski definition) is 0. The highest BCUT2D eigenvalue weighted by Crippen LogP contribution is 2.22. The van der Waals surface area contributed by atoms with Crippen LogP contribution in [0.4, 0.5) is 4.39 Å². The first-order valence-electron chi connectivity index (χ1n) is 6.36. The van der Waals surface area contributed by atoms with Crippen molar-refractivity contribution in [1.82, 2.24) is 9.97 Å². The molecular weight excluding hydrogens is 363 g/mol. The third kappa shape index (κ3) is 3.79. The molecule has 3 rings (SSSR count). The van der Waals surface area contributed by atoms with Crippen molar-refractivity contribution in [3.05, 3.63) is 70.2 Å². The maximum absolute atomic E-state index is 14.2. The maximum atomic E-state index is 14.2. The predicted molar refractivity (Wildman–Crippen MR) is 92.8 cm³/mol. The van der Waals surface area contributed by atoms with Crippen molar-refractivity contribution in [3.8, 4) is 23.0 Å². The highest BCUT2D eigenvalue weighted by molar-refractivity contribution is 8.93. The van der Waals surface area contributed by atoms with Gasteiger partial charge in [0.2, 0.25) is 0 Å². The Morgan fingerprint density at radius 3 is 2.68 bits per heavy atom. The van der Waals surface area contributed by atoms with Crippen LogP contribution in [-0.4, -0.2) is 9.97 Å². The summed E-state index contributed by atoms with van der Waals surface area (Å²) in [6.07, 6.45) is 3.30. The highest BCUT2D eigenvalue weighted by Gasteiger charge is 2.05. The first kappa shape index (κ1) is 16.3. The van der Waals surface area contributed by atoms with E-state index >= 15 is 0 Å². The average molecular weight is 375 g/mol. The number of aryl methyl sites for hydroxylation is 1. The number of halogens is 2. The molecule has 0 saturated carbocycles. The van der Waals surface area contributed by atoms with Crippen molar-refractivity contribution in [1.29, 1.82) is 0 Å². The zero-order valence-corrected chi connectivity index (χ0v) is 14.2. The minimum absolute atomic E-state index is 0. The average Bonchev–Trinajstić information content (AvgIpc) is 2.92. The summed E-state index contributed by atoms with van der Waals surface area (Å²) >= 11 is 1.55. The third-order valence-corrected chi connectivity index (χ3v) is 3.67. The fraction of sp³-hybridized carbons (Fsp3) is 0.0588.